The van der Waals surface area contributed by atoms with E-state index in [1.165, 1.54) is 0 Å². The minimum atomic E-state index is -0.538. The number of amidine groups is 1. The summed E-state index contributed by atoms with van der Waals surface area (Å²) >= 11 is 0. The fourth-order valence-electron chi connectivity index (χ4n) is 5.34. The van der Waals surface area contributed by atoms with Crippen LogP contribution in [0.25, 0.3) is 16.8 Å². The Morgan fingerprint density at radius 1 is 1.10 bits per heavy atom. The van der Waals surface area contributed by atoms with E-state index in [9.17, 15) is 4.79 Å². The van der Waals surface area contributed by atoms with Gasteiger partial charge < -0.3 is 20.3 Å². The molecule has 11 heteroatoms. The minimum Gasteiger partial charge on any atom is -0.444 e. The van der Waals surface area contributed by atoms with E-state index < -0.39 is 5.60 Å². The second-order valence-corrected chi connectivity index (χ2v) is 11.7. The number of ether oxygens (including phenoxy) is 1. The number of carbonyl (C=O) groups is 1. The number of carbonyl (C=O) groups excluding carboxylic acids is 1. The number of aromatic nitrogens is 5. The van der Waals surface area contributed by atoms with Gasteiger partial charge >= 0.3 is 6.09 Å². The van der Waals surface area contributed by atoms with Crippen molar-refractivity contribution in [1.82, 2.24) is 34.6 Å². The number of likely N-dealkylation sites (tertiary alicyclic amines) is 1. The molecule has 0 spiro atoms. The Labute approximate surface area is 239 Å². The summed E-state index contributed by atoms with van der Waals surface area (Å²) in [6.07, 6.45) is 8.21. The highest BCUT2D eigenvalue weighted by Crippen LogP contribution is 2.32. The largest absolute Gasteiger partial charge is 0.444 e. The summed E-state index contributed by atoms with van der Waals surface area (Å²) in [5.41, 5.74) is 4.96. The highest BCUT2D eigenvalue weighted by molar-refractivity contribution is 5.99. The number of nitrogens with zero attached hydrogens (tertiary/aromatic N) is 7. The van der Waals surface area contributed by atoms with Crippen LogP contribution >= 0.6 is 0 Å². The maximum absolute atomic E-state index is 12.9. The highest BCUT2D eigenvalue weighted by atomic mass is 16.6. The zero-order valence-corrected chi connectivity index (χ0v) is 24.1. The van der Waals surface area contributed by atoms with Crippen LogP contribution in [0, 0.1) is 0 Å². The summed E-state index contributed by atoms with van der Waals surface area (Å²) in [6.45, 7) is 8.71. The molecule has 41 heavy (non-hydrogen) atoms. The third kappa shape index (κ3) is 5.89. The van der Waals surface area contributed by atoms with E-state index >= 15 is 0 Å². The Morgan fingerprint density at radius 3 is 2.63 bits per heavy atom. The minimum absolute atomic E-state index is 0.0660. The molecule has 1 unspecified atom stereocenters. The molecule has 214 valence electrons. The van der Waals surface area contributed by atoms with Crippen LogP contribution < -0.4 is 10.6 Å². The molecule has 1 atom stereocenters. The predicted octanol–water partition coefficient (Wildman–Crippen LogP) is 4.73. The Balaban J connectivity index is 1.34. The molecule has 1 fully saturated rings. The lowest BCUT2D eigenvalue weighted by molar-refractivity contribution is 0.0197. The SMILES string of the molecule is Cn1cc(-c2cnn3c(Nc4ccc(C5=NCCCN5)cc4)cc(C4CCCN(C(=O)OC(C)(C)C)C4)nc23)cn1. The number of aliphatic imine (C=N–C) groups is 1. The molecule has 0 saturated carbocycles. The van der Waals surface area contributed by atoms with Gasteiger partial charge in [0.25, 0.3) is 0 Å². The molecule has 5 heterocycles. The summed E-state index contributed by atoms with van der Waals surface area (Å²) in [6, 6.07) is 10.3. The number of anilines is 2. The van der Waals surface area contributed by atoms with Crippen LogP contribution in [0.3, 0.4) is 0 Å². The van der Waals surface area contributed by atoms with E-state index in [-0.39, 0.29) is 12.0 Å². The fraction of sp³-hybridized carbons (Fsp3) is 0.433. The van der Waals surface area contributed by atoms with E-state index in [0.29, 0.717) is 13.1 Å². The first-order valence-electron chi connectivity index (χ1n) is 14.2. The van der Waals surface area contributed by atoms with Crippen LogP contribution in [0.4, 0.5) is 16.3 Å². The molecule has 3 aromatic heterocycles. The first-order valence-corrected chi connectivity index (χ1v) is 14.2. The number of hydrogen-bond donors (Lipinski definition) is 2. The van der Waals surface area contributed by atoms with Crippen molar-refractivity contribution in [3.8, 4) is 11.1 Å². The van der Waals surface area contributed by atoms with Crippen molar-refractivity contribution in [1.29, 1.82) is 0 Å². The molecule has 1 amide bonds. The smallest absolute Gasteiger partial charge is 0.410 e. The van der Waals surface area contributed by atoms with Crippen LogP contribution in [0.5, 0.6) is 0 Å². The number of hydrogen-bond acceptors (Lipinski definition) is 8. The first kappa shape index (κ1) is 26.8. The van der Waals surface area contributed by atoms with Gasteiger partial charge in [-0.3, -0.25) is 9.67 Å². The van der Waals surface area contributed by atoms with E-state index in [1.807, 2.05) is 50.9 Å². The summed E-state index contributed by atoms with van der Waals surface area (Å²) in [5.74, 6) is 1.81. The Kier molecular flexibility index (Phi) is 7.10. The normalized spacial score (nSPS) is 17.7. The molecule has 11 nitrogen and oxygen atoms in total. The van der Waals surface area contributed by atoms with Gasteiger partial charge in [-0.05, 0) is 64.3 Å². The molecular weight excluding hydrogens is 518 g/mol. The molecular formula is C30H37N9O2. The van der Waals surface area contributed by atoms with Gasteiger partial charge in [0.05, 0.1) is 18.1 Å². The maximum Gasteiger partial charge on any atom is 0.410 e. The summed E-state index contributed by atoms with van der Waals surface area (Å²) in [7, 11) is 1.90. The number of rotatable bonds is 5. The highest BCUT2D eigenvalue weighted by Gasteiger charge is 2.30. The molecule has 0 bridgehead atoms. The van der Waals surface area contributed by atoms with Crippen LogP contribution in [0.2, 0.25) is 0 Å². The number of amides is 1. The third-order valence-electron chi connectivity index (χ3n) is 7.33. The molecule has 0 aliphatic carbocycles. The number of nitrogens with one attached hydrogen (secondary N) is 2. The second kappa shape index (κ2) is 10.9. The quantitative estimate of drug-likeness (QED) is 0.366. The van der Waals surface area contributed by atoms with E-state index in [1.54, 1.807) is 9.58 Å². The Hall–Kier alpha value is -4.41. The number of benzene rings is 1. The lowest BCUT2D eigenvalue weighted by Crippen LogP contribution is -2.42. The molecule has 2 aliphatic heterocycles. The standard InChI is InChI=1S/C30H37N9O2/c1-30(2,3)41-29(40)38-14-5-7-21(19-38)25-15-26(35-23-10-8-20(9-11-23)27-31-12-6-13-32-27)39-28(36-25)24(17-34-39)22-16-33-37(4)18-22/h8-11,15-18,21,35H,5-7,12-14,19H2,1-4H3,(H,31,32). The molecule has 2 N–H and O–H groups in total. The molecule has 4 aromatic rings. The average Bonchev–Trinajstić information content (AvgIpc) is 3.59. The van der Waals surface area contributed by atoms with Crippen LogP contribution in [0.15, 0.2) is 53.9 Å². The van der Waals surface area contributed by atoms with Crippen molar-refractivity contribution in [2.24, 2.45) is 12.0 Å². The molecule has 6 rings (SSSR count). The molecule has 0 radical (unpaired) electrons. The van der Waals surface area contributed by atoms with Gasteiger partial charge in [-0.25, -0.2) is 9.78 Å². The van der Waals surface area contributed by atoms with Crippen molar-refractivity contribution >= 4 is 29.1 Å². The van der Waals surface area contributed by atoms with E-state index in [0.717, 1.165) is 77.7 Å². The lowest BCUT2D eigenvalue weighted by atomic mass is 9.94. The van der Waals surface area contributed by atoms with Gasteiger partial charge in [-0.2, -0.15) is 14.7 Å². The van der Waals surface area contributed by atoms with Gasteiger partial charge in [-0.1, -0.05) is 0 Å². The van der Waals surface area contributed by atoms with Gasteiger partial charge in [0.1, 0.15) is 17.3 Å². The molecule has 1 aromatic carbocycles. The fourth-order valence-corrected chi connectivity index (χ4v) is 5.34. The van der Waals surface area contributed by atoms with Crippen molar-refractivity contribution in [2.45, 2.75) is 51.6 Å². The number of fused-ring (bicyclic) bond motifs is 1. The zero-order chi connectivity index (χ0) is 28.6. The van der Waals surface area contributed by atoms with Crippen molar-refractivity contribution in [2.75, 3.05) is 31.5 Å². The lowest BCUT2D eigenvalue weighted by Gasteiger charge is -2.34. The third-order valence-corrected chi connectivity index (χ3v) is 7.33. The molecule has 1 saturated heterocycles. The van der Waals surface area contributed by atoms with Gasteiger partial charge in [0.15, 0.2) is 5.65 Å². The van der Waals surface area contributed by atoms with Gasteiger partial charge in [0.2, 0.25) is 0 Å². The summed E-state index contributed by atoms with van der Waals surface area (Å²) in [4.78, 5) is 24.4. The number of aryl methyl sites for hydroxylation is 1. The Bertz CT molecular complexity index is 1580. The van der Waals surface area contributed by atoms with Crippen molar-refractivity contribution in [3.05, 3.63) is 60.2 Å². The van der Waals surface area contributed by atoms with Crippen molar-refractivity contribution in [3.63, 3.8) is 0 Å². The average molecular weight is 556 g/mol. The Morgan fingerprint density at radius 2 is 1.93 bits per heavy atom. The van der Waals surface area contributed by atoms with Crippen molar-refractivity contribution < 1.29 is 9.53 Å². The van der Waals surface area contributed by atoms with E-state index in [2.05, 4.69) is 51.1 Å². The first-order chi connectivity index (χ1) is 19.7. The van der Waals surface area contributed by atoms with Crippen LogP contribution in [-0.2, 0) is 11.8 Å². The van der Waals surface area contributed by atoms with E-state index in [4.69, 9.17) is 14.8 Å². The number of piperidine rings is 1. The predicted molar refractivity (Wildman–Crippen MR) is 159 cm³/mol. The summed E-state index contributed by atoms with van der Waals surface area (Å²) in [5, 5.41) is 16.0. The zero-order valence-electron chi connectivity index (χ0n) is 24.1. The maximum atomic E-state index is 12.9. The second-order valence-electron chi connectivity index (χ2n) is 11.7. The summed E-state index contributed by atoms with van der Waals surface area (Å²) < 4.78 is 9.28. The van der Waals surface area contributed by atoms with Crippen LogP contribution in [-0.4, -0.2) is 73.0 Å². The van der Waals surface area contributed by atoms with Gasteiger partial charge in [-0.15, -0.1) is 0 Å². The van der Waals surface area contributed by atoms with Crippen LogP contribution in [0.1, 0.15) is 57.2 Å². The topological polar surface area (TPSA) is 114 Å². The van der Waals surface area contributed by atoms with Gasteiger partial charge in [0, 0.05) is 73.8 Å². The monoisotopic (exact) mass is 555 g/mol. The molecule has 2 aliphatic rings.